The fourth-order valence-electron chi connectivity index (χ4n) is 10.9. The second-order valence-electron chi connectivity index (χ2n) is 23.3. The lowest BCUT2D eigenvalue weighted by Crippen LogP contribution is -2.60. The Morgan fingerprint density at radius 2 is 0.609 bits per heavy atom. The van der Waals surface area contributed by atoms with Crippen LogP contribution in [0.15, 0.2) is 5.16 Å². The van der Waals surface area contributed by atoms with Crippen molar-refractivity contribution in [3.05, 3.63) is 0 Å². The van der Waals surface area contributed by atoms with Gasteiger partial charge in [0.25, 0.3) is 0 Å². The molecule has 4 saturated heterocycles. The Morgan fingerprint density at radius 1 is 0.391 bits per heavy atom. The first-order valence-corrected chi connectivity index (χ1v) is 23.5. The van der Waals surface area contributed by atoms with Crippen LogP contribution in [0.4, 0.5) is 0 Å². The van der Waals surface area contributed by atoms with Crippen LogP contribution in [0.2, 0.25) is 0 Å². The largest absolute Gasteiger partial charge is 0.462 e. The van der Waals surface area contributed by atoms with Gasteiger partial charge in [-0.3, -0.25) is 0 Å². The Hall–Kier alpha value is -2.95. The summed E-state index contributed by atoms with van der Waals surface area (Å²) in [5, 5.41) is 57.3. The molecule has 358 valence electrons. The summed E-state index contributed by atoms with van der Waals surface area (Å²) in [7, 11) is 0. The van der Waals surface area contributed by atoms with Gasteiger partial charge in [0.2, 0.25) is 0 Å². The highest BCUT2D eigenvalue weighted by Crippen LogP contribution is 2.43. The van der Waals surface area contributed by atoms with Gasteiger partial charge in [-0.1, -0.05) is 11.8 Å². The number of piperidine rings is 4. The third-order valence-electron chi connectivity index (χ3n) is 13.0. The highest BCUT2D eigenvalue weighted by Gasteiger charge is 2.51. The zero-order chi connectivity index (χ0) is 47.6. The standard InChI is InChI=1S/C44H72N10O9S/c1-37(2)19-27(20-38(3,4)51(37)55)60-32-45-31(46-33(47-32)61-28-21-39(5,6)52(56)40(7,8)22-28)59-17-18-64-36-49-34(62-29-23-41(9,10)53(57)42(11,12)24-29)48-35(50-36)63-30-25-43(13,14)54(58)44(15,16)26-30/h27-30H,17-26H2,1-16H3. The van der Waals surface area contributed by atoms with E-state index in [0.29, 0.717) is 62.3 Å². The Bertz CT molecular complexity index is 1630. The molecule has 0 aliphatic carbocycles. The maximum absolute atomic E-state index is 13.1. The van der Waals surface area contributed by atoms with Crippen LogP contribution in [0.5, 0.6) is 30.1 Å². The van der Waals surface area contributed by atoms with Crippen molar-refractivity contribution in [2.45, 2.75) is 236 Å². The predicted octanol–water partition coefficient (Wildman–Crippen LogP) is 7.21. The van der Waals surface area contributed by atoms with Gasteiger partial charge in [-0.25, -0.2) is 0 Å². The molecule has 4 aliphatic heterocycles. The van der Waals surface area contributed by atoms with Gasteiger partial charge in [0, 0.05) is 101 Å². The Kier molecular flexibility index (Phi) is 13.9. The molecule has 0 amide bonds. The van der Waals surface area contributed by atoms with Crippen LogP contribution in [0.1, 0.15) is 162 Å². The van der Waals surface area contributed by atoms with Crippen molar-refractivity contribution in [1.82, 2.24) is 50.2 Å². The third-order valence-corrected chi connectivity index (χ3v) is 13.8. The average Bonchev–Trinajstić information content (AvgIpc) is 3.11. The maximum Gasteiger partial charge on any atom is 0.326 e. The van der Waals surface area contributed by atoms with Crippen LogP contribution in [0.3, 0.4) is 0 Å². The molecular weight excluding hydrogens is 845 g/mol. The fraction of sp³-hybridized carbons (Fsp3) is 0.864. The summed E-state index contributed by atoms with van der Waals surface area (Å²) in [5.74, 6) is 0.346. The molecule has 19 nitrogen and oxygen atoms in total. The van der Waals surface area contributed by atoms with Gasteiger partial charge < -0.3 is 23.7 Å². The van der Waals surface area contributed by atoms with Crippen molar-refractivity contribution < 1.29 is 44.5 Å². The summed E-state index contributed by atoms with van der Waals surface area (Å²) >= 11 is 1.29. The second-order valence-corrected chi connectivity index (χ2v) is 24.4. The Morgan fingerprint density at radius 3 is 0.859 bits per heavy atom. The van der Waals surface area contributed by atoms with Crippen LogP contribution in [0, 0.1) is 0 Å². The van der Waals surface area contributed by atoms with Gasteiger partial charge in [-0.15, -0.1) is 61.0 Å². The van der Waals surface area contributed by atoms with Gasteiger partial charge in [-0.2, -0.15) is 9.97 Å². The van der Waals surface area contributed by atoms with E-state index in [0.717, 1.165) is 20.3 Å². The van der Waals surface area contributed by atoms with E-state index >= 15 is 0 Å². The minimum Gasteiger partial charge on any atom is -0.462 e. The second kappa shape index (κ2) is 17.6. The fourth-order valence-corrected chi connectivity index (χ4v) is 11.5. The molecule has 0 spiro atoms. The molecule has 6 heterocycles. The topological polar surface area (TPSA) is 216 Å². The highest BCUT2D eigenvalue weighted by atomic mass is 32.2. The van der Waals surface area contributed by atoms with Crippen LogP contribution in [0.25, 0.3) is 0 Å². The van der Waals surface area contributed by atoms with Gasteiger partial charge in [0.1, 0.15) is 31.0 Å². The summed E-state index contributed by atoms with van der Waals surface area (Å²) < 4.78 is 31.8. The molecule has 2 aromatic rings. The highest BCUT2D eigenvalue weighted by molar-refractivity contribution is 7.99. The maximum atomic E-state index is 13.1. The number of ether oxygens (including phenoxy) is 5. The molecule has 20 heteroatoms. The summed E-state index contributed by atoms with van der Waals surface area (Å²) in [5.41, 5.74) is -5.45. The lowest BCUT2D eigenvalue weighted by Gasteiger charge is -2.49. The lowest BCUT2D eigenvalue weighted by atomic mass is 9.80. The molecular formula is C44H72N10O9S. The van der Waals surface area contributed by atoms with Crippen LogP contribution >= 0.6 is 11.8 Å². The van der Waals surface area contributed by atoms with Crippen molar-refractivity contribution in [3.63, 3.8) is 0 Å². The number of hydrogen-bond donors (Lipinski definition) is 0. The van der Waals surface area contributed by atoms with Gasteiger partial charge >= 0.3 is 30.1 Å². The first-order chi connectivity index (χ1) is 29.2. The molecule has 0 unspecified atom stereocenters. The molecule has 0 N–H and O–H groups in total. The first kappa shape index (κ1) is 50.5. The molecule has 4 fully saturated rings. The van der Waals surface area contributed by atoms with Crippen molar-refractivity contribution in [1.29, 1.82) is 0 Å². The zero-order valence-corrected chi connectivity index (χ0v) is 41.8. The minimum atomic E-state index is -0.687. The smallest absolute Gasteiger partial charge is 0.326 e. The van der Waals surface area contributed by atoms with E-state index in [2.05, 4.69) is 29.9 Å². The molecule has 0 aromatic carbocycles. The number of aromatic nitrogens is 6. The van der Waals surface area contributed by atoms with Gasteiger partial charge in [-0.05, 0) is 111 Å². The Labute approximate surface area is 383 Å². The minimum absolute atomic E-state index is 0.00719. The van der Waals surface area contributed by atoms with E-state index < -0.39 is 44.3 Å². The number of nitrogens with zero attached hydrogens (tertiary/aromatic N) is 10. The van der Waals surface area contributed by atoms with Crippen LogP contribution in [-0.2, 0) is 20.8 Å². The predicted molar refractivity (Wildman–Crippen MR) is 233 cm³/mol. The van der Waals surface area contributed by atoms with Crippen molar-refractivity contribution in [2.75, 3.05) is 12.4 Å². The molecule has 64 heavy (non-hydrogen) atoms. The van der Waals surface area contributed by atoms with Crippen molar-refractivity contribution in [3.8, 4) is 30.1 Å². The molecule has 2 aromatic heterocycles. The summed E-state index contributed by atoms with van der Waals surface area (Å²) in [6, 6.07) is 0.149. The number of hydroxylamine groups is 8. The number of rotatable bonds is 13. The first-order valence-electron chi connectivity index (χ1n) is 22.5. The van der Waals surface area contributed by atoms with Gasteiger partial charge in [0.05, 0.1) is 0 Å². The zero-order valence-electron chi connectivity index (χ0n) is 40.9. The van der Waals surface area contributed by atoms with Crippen LogP contribution < -0.4 is 23.7 Å². The van der Waals surface area contributed by atoms with E-state index in [4.69, 9.17) is 23.7 Å². The molecule has 6 rings (SSSR count). The van der Waals surface area contributed by atoms with Gasteiger partial charge in [0.15, 0.2) is 5.16 Å². The van der Waals surface area contributed by atoms with E-state index in [9.17, 15) is 20.8 Å². The number of hydrogen-bond acceptors (Lipinski definition) is 16. The van der Waals surface area contributed by atoms with Crippen molar-refractivity contribution >= 4 is 11.8 Å². The van der Waals surface area contributed by atoms with E-state index in [1.54, 1.807) is 0 Å². The van der Waals surface area contributed by atoms with E-state index in [-0.39, 0.29) is 61.1 Å². The molecule has 4 radical (unpaired) electrons. The normalized spacial score (nSPS) is 26.3. The molecule has 0 saturated carbocycles. The van der Waals surface area contributed by atoms with E-state index in [1.807, 2.05) is 111 Å². The summed E-state index contributed by atoms with van der Waals surface area (Å²) in [6.45, 7) is 30.5. The SMILES string of the molecule is CC1(C)CC(Oc2nc(OCCSc3nc(OC4CC(C)(C)N([O])C(C)(C)C4)nc(OC4CC(C)(C)N([O])C(C)(C)C4)n3)nc(OC3CC(C)(C)N([O])C(C)(C)C3)n2)CC(C)(C)N1[O]. The average molecular weight is 917 g/mol. The number of thioether (sulfide) groups is 1. The monoisotopic (exact) mass is 917 g/mol. The van der Waals surface area contributed by atoms with Crippen LogP contribution in [-0.4, -0.2) is 131 Å². The molecule has 4 aliphatic rings. The van der Waals surface area contributed by atoms with Crippen molar-refractivity contribution in [2.24, 2.45) is 0 Å². The summed E-state index contributed by atoms with van der Waals surface area (Å²) in [4.78, 5) is 27.5. The lowest BCUT2D eigenvalue weighted by molar-refractivity contribution is -0.297. The quantitative estimate of drug-likeness (QED) is 0.143. The molecule has 0 atom stereocenters. The molecule has 0 bridgehead atoms. The summed E-state index contributed by atoms with van der Waals surface area (Å²) in [6.07, 6.45) is 2.21. The third kappa shape index (κ3) is 11.4. The Balaban J connectivity index is 1.21. The van der Waals surface area contributed by atoms with E-state index in [1.165, 1.54) is 11.8 Å².